The van der Waals surface area contributed by atoms with Crippen molar-refractivity contribution in [3.8, 4) is 5.75 Å². The van der Waals surface area contributed by atoms with E-state index in [1.54, 1.807) is 31.2 Å². The number of hydrogen-bond acceptors (Lipinski definition) is 4. The second-order valence-corrected chi connectivity index (χ2v) is 4.73. The van der Waals surface area contributed by atoms with Gasteiger partial charge in [-0.15, -0.1) is 0 Å². The van der Waals surface area contributed by atoms with Crippen LogP contribution in [0.2, 0.25) is 0 Å². The highest BCUT2D eigenvalue weighted by Crippen LogP contribution is 2.10. The van der Waals surface area contributed by atoms with E-state index in [9.17, 15) is 9.59 Å². The van der Waals surface area contributed by atoms with Gasteiger partial charge in [0.2, 0.25) is 0 Å². The summed E-state index contributed by atoms with van der Waals surface area (Å²) in [5.41, 5.74) is 3.24. The summed E-state index contributed by atoms with van der Waals surface area (Å²) in [4.78, 5) is 22.6. The summed E-state index contributed by atoms with van der Waals surface area (Å²) >= 11 is 0. The number of hydrogen-bond donors (Lipinski definition) is 2. The van der Waals surface area contributed by atoms with Crippen LogP contribution in [-0.4, -0.2) is 29.3 Å². The van der Waals surface area contributed by atoms with Gasteiger partial charge in [-0.1, -0.05) is 30.3 Å². The number of aromatic carboxylic acids is 1. The van der Waals surface area contributed by atoms with E-state index in [-0.39, 0.29) is 11.5 Å². The number of carbonyl (C=O) groups is 2. The molecule has 0 heterocycles. The Labute approximate surface area is 133 Å². The molecule has 1 atom stereocenters. The largest absolute Gasteiger partial charge is 0.481 e. The number of nitrogens with one attached hydrogen (secondary N) is 1. The van der Waals surface area contributed by atoms with Gasteiger partial charge in [0, 0.05) is 0 Å². The Morgan fingerprint density at radius 2 is 1.78 bits per heavy atom. The number of amides is 1. The van der Waals surface area contributed by atoms with Crippen molar-refractivity contribution in [1.29, 1.82) is 0 Å². The van der Waals surface area contributed by atoms with Gasteiger partial charge < -0.3 is 9.84 Å². The maximum Gasteiger partial charge on any atom is 0.335 e. The summed E-state index contributed by atoms with van der Waals surface area (Å²) in [5.74, 6) is -0.774. The highest BCUT2D eigenvalue weighted by molar-refractivity contribution is 5.89. The van der Waals surface area contributed by atoms with Crippen molar-refractivity contribution in [3.05, 3.63) is 65.7 Å². The van der Waals surface area contributed by atoms with Crippen LogP contribution in [-0.2, 0) is 4.79 Å². The Morgan fingerprint density at radius 3 is 2.39 bits per heavy atom. The van der Waals surface area contributed by atoms with Crippen molar-refractivity contribution in [2.24, 2.45) is 5.10 Å². The van der Waals surface area contributed by atoms with Gasteiger partial charge in [-0.05, 0) is 36.8 Å². The first-order chi connectivity index (χ1) is 11.1. The Kier molecular flexibility index (Phi) is 5.46. The number of benzene rings is 2. The second-order valence-electron chi connectivity index (χ2n) is 4.73. The first kappa shape index (κ1) is 16.2. The smallest absolute Gasteiger partial charge is 0.335 e. The topological polar surface area (TPSA) is 88.0 Å². The van der Waals surface area contributed by atoms with Crippen LogP contribution in [0, 0.1) is 0 Å². The molecule has 0 aliphatic heterocycles. The number of carbonyl (C=O) groups excluding carboxylic acids is 1. The second kappa shape index (κ2) is 7.74. The lowest BCUT2D eigenvalue weighted by Crippen LogP contribution is -2.33. The molecule has 2 N–H and O–H groups in total. The Morgan fingerprint density at radius 1 is 1.13 bits per heavy atom. The molecule has 6 heteroatoms. The monoisotopic (exact) mass is 312 g/mol. The van der Waals surface area contributed by atoms with E-state index >= 15 is 0 Å². The molecule has 0 spiro atoms. The van der Waals surface area contributed by atoms with Crippen molar-refractivity contribution in [2.75, 3.05) is 0 Å². The molecule has 0 unspecified atom stereocenters. The predicted molar refractivity (Wildman–Crippen MR) is 85.7 cm³/mol. The molecule has 0 aromatic heterocycles. The average molecular weight is 312 g/mol. The van der Waals surface area contributed by atoms with Gasteiger partial charge in [0.05, 0.1) is 11.8 Å². The zero-order valence-electron chi connectivity index (χ0n) is 12.5. The molecule has 0 bridgehead atoms. The van der Waals surface area contributed by atoms with E-state index in [0.717, 1.165) is 0 Å². The maximum absolute atomic E-state index is 11.9. The molecule has 0 saturated heterocycles. The standard InChI is InChI=1S/C17H16N2O4/c1-12(23-15-5-3-2-4-6-15)16(20)19-18-11-13-7-9-14(10-8-13)17(21)22/h2-12H,1H3,(H,19,20)(H,21,22)/b18-11-/t12-/m0/s1. The highest BCUT2D eigenvalue weighted by atomic mass is 16.5. The fraction of sp³-hybridized carbons (Fsp3) is 0.118. The summed E-state index contributed by atoms with van der Waals surface area (Å²) in [5, 5.41) is 12.6. The number of nitrogens with zero attached hydrogens (tertiary/aromatic N) is 1. The van der Waals surface area contributed by atoms with Crippen LogP contribution in [0.25, 0.3) is 0 Å². The number of ether oxygens (including phenoxy) is 1. The van der Waals surface area contributed by atoms with Crippen LogP contribution in [0.1, 0.15) is 22.8 Å². The number of rotatable bonds is 6. The molecule has 0 radical (unpaired) electrons. The lowest BCUT2D eigenvalue weighted by molar-refractivity contribution is -0.127. The molecule has 6 nitrogen and oxygen atoms in total. The summed E-state index contributed by atoms with van der Waals surface area (Å²) < 4.78 is 5.47. The summed E-state index contributed by atoms with van der Waals surface area (Å²) in [6.45, 7) is 1.62. The molecule has 2 aromatic rings. The van der Waals surface area contributed by atoms with Crippen molar-refractivity contribution in [2.45, 2.75) is 13.0 Å². The van der Waals surface area contributed by atoms with E-state index < -0.39 is 12.1 Å². The molecule has 0 fully saturated rings. The normalized spacial score (nSPS) is 11.9. The fourth-order valence-electron chi connectivity index (χ4n) is 1.73. The zero-order chi connectivity index (χ0) is 16.7. The molecular formula is C17H16N2O4. The predicted octanol–water partition coefficient (Wildman–Crippen LogP) is 2.30. The van der Waals surface area contributed by atoms with Crippen molar-refractivity contribution < 1.29 is 19.4 Å². The molecule has 0 aliphatic rings. The van der Waals surface area contributed by atoms with Gasteiger partial charge in [0.1, 0.15) is 5.75 Å². The van der Waals surface area contributed by atoms with Crippen LogP contribution in [0.3, 0.4) is 0 Å². The Hall–Kier alpha value is -3.15. The highest BCUT2D eigenvalue weighted by Gasteiger charge is 2.13. The number of hydrazone groups is 1. The maximum atomic E-state index is 11.9. The van der Waals surface area contributed by atoms with Crippen molar-refractivity contribution in [3.63, 3.8) is 0 Å². The third kappa shape index (κ3) is 4.96. The first-order valence-corrected chi connectivity index (χ1v) is 6.94. The van der Waals surface area contributed by atoms with Gasteiger partial charge >= 0.3 is 5.97 Å². The van der Waals surface area contributed by atoms with E-state index in [0.29, 0.717) is 11.3 Å². The van der Waals surface area contributed by atoms with Gasteiger partial charge in [-0.25, -0.2) is 10.2 Å². The molecule has 0 aliphatic carbocycles. The third-order valence-corrected chi connectivity index (χ3v) is 2.97. The third-order valence-electron chi connectivity index (χ3n) is 2.97. The SMILES string of the molecule is C[C@H](Oc1ccccc1)C(=O)N/N=C\c1ccc(C(=O)O)cc1. The van der Waals surface area contributed by atoms with Crippen LogP contribution >= 0.6 is 0 Å². The fourth-order valence-corrected chi connectivity index (χ4v) is 1.73. The Bertz CT molecular complexity index is 696. The minimum Gasteiger partial charge on any atom is -0.481 e. The quantitative estimate of drug-likeness (QED) is 0.633. The van der Waals surface area contributed by atoms with Gasteiger partial charge in [-0.3, -0.25) is 4.79 Å². The van der Waals surface area contributed by atoms with Crippen LogP contribution < -0.4 is 10.2 Å². The average Bonchev–Trinajstić information content (AvgIpc) is 2.56. The Balaban J connectivity index is 1.86. The summed E-state index contributed by atoms with van der Waals surface area (Å²) in [6, 6.07) is 15.1. The van der Waals surface area contributed by atoms with Crippen LogP contribution in [0.4, 0.5) is 0 Å². The molecular weight excluding hydrogens is 296 g/mol. The van der Waals surface area contributed by atoms with Gasteiger partial charge in [0.25, 0.3) is 5.91 Å². The number of carboxylic acids is 1. The number of carboxylic acid groups (broad SMARTS) is 1. The van der Waals surface area contributed by atoms with E-state index in [1.807, 2.05) is 18.2 Å². The summed E-state index contributed by atoms with van der Waals surface area (Å²) in [7, 11) is 0. The molecule has 2 rings (SSSR count). The lowest BCUT2D eigenvalue weighted by atomic mass is 10.1. The minimum absolute atomic E-state index is 0.191. The molecule has 2 aromatic carbocycles. The van der Waals surface area contributed by atoms with Crippen LogP contribution in [0.5, 0.6) is 5.75 Å². The van der Waals surface area contributed by atoms with E-state index in [4.69, 9.17) is 9.84 Å². The van der Waals surface area contributed by atoms with Crippen LogP contribution in [0.15, 0.2) is 59.7 Å². The molecule has 1 amide bonds. The first-order valence-electron chi connectivity index (χ1n) is 6.94. The molecule has 0 saturated carbocycles. The van der Waals surface area contributed by atoms with E-state index in [2.05, 4.69) is 10.5 Å². The molecule has 118 valence electrons. The van der Waals surface area contributed by atoms with Gasteiger partial charge in [-0.2, -0.15) is 5.10 Å². The number of para-hydroxylation sites is 1. The molecule has 23 heavy (non-hydrogen) atoms. The van der Waals surface area contributed by atoms with Gasteiger partial charge in [0.15, 0.2) is 6.10 Å². The minimum atomic E-state index is -0.992. The summed E-state index contributed by atoms with van der Waals surface area (Å²) in [6.07, 6.45) is 0.739. The van der Waals surface area contributed by atoms with Crippen molar-refractivity contribution >= 4 is 18.1 Å². The zero-order valence-corrected chi connectivity index (χ0v) is 12.5. The van der Waals surface area contributed by atoms with Crippen molar-refractivity contribution in [1.82, 2.24) is 5.43 Å². The van der Waals surface area contributed by atoms with E-state index in [1.165, 1.54) is 18.3 Å². The lowest BCUT2D eigenvalue weighted by Gasteiger charge is -2.12.